The molecule has 1 aliphatic heterocycles. The Morgan fingerprint density at radius 2 is 1.80 bits per heavy atom. The molecule has 0 atom stereocenters. The minimum absolute atomic E-state index is 0.0728. The number of benzene rings is 2. The Kier molecular flexibility index (Phi) is 4.51. The topological polar surface area (TPSA) is 86.9 Å². The highest BCUT2D eigenvalue weighted by atomic mass is 19.1. The Bertz CT molecular complexity index is 819. The van der Waals surface area contributed by atoms with Crippen molar-refractivity contribution in [3.05, 3.63) is 64.0 Å². The molecule has 1 aliphatic rings. The molecular formula is C17H16FN3O4. The number of nitrogens with zero attached hydrogens (tertiary/aromatic N) is 3. The van der Waals surface area contributed by atoms with Gasteiger partial charge in [0.1, 0.15) is 5.75 Å². The number of phenols is 1. The number of anilines is 1. The predicted octanol–water partition coefficient (Wildman–Crippen LogP) is 2.40. The van der Waals surface area contributed by atoms with Crippen molar-refractivity contribution in [1.29, 1.82) is 0 Å². The number of non-ortho nitro benzene ring substituents is 1. The van der Waals surface area contributed by atoms with Crippen LogP contribution >= 0.6 is 0 Å². The molecule has 0 radical (unpaired) electrons. The second-order valence-electron chi connectivity index (χ2n) is 5.69. The number of para-hydroxylation sites is 1. The first-order chi connectivity index (χ1) is 12.0. The number of hydrogen-bond acceptors (Lipinski definition) is 5. The molecule has 0 unspecified atom stereocenters. The first-order valence-corrected chi connectivity index (χ1v) is 7.73. The average Bonchev–Trinajstić information content (AvgIpc) is 2.61. The zero-order valence-electron chi connectivity index (χ0n) is 13.3. The number of nitro benzene ring substituents is 1. The van der Waals surface area contributed by atoms with Crippen LogP contribution in [0.1, 0.15) is 10.4 Å². The lowest BCUT2D eigenvalue weighted by Gasteiger charge is -2.36. The number of aromatic hydroxyl groups is 1. The average molecular weight is 345 g/mol. The fourth-order valence-corrected chi connectivity index (χ4v) is 2.84. The Morgan fingerprint density at radius 1 is 1.12 bits per heavy atom. The molecule has 3 rings (SSSR count). The third-order valence-corrected chi connectivity index (χ3v) is 4.18. The molecular weight excluding hydrogens is 329 g/mol. The maximum absolute atomic E-state index is 14.1. The van der Waals surface area contributed by atoms with Gasteiger partial charge in [-0.15, -0.1) is 0 Å². The number of nitro groups is 1. The second kappa shape index (κ2) is 6.76. The highest BCUT2D eigenvalue weighted by Crippen LogP contribution is 2.26. The number of piperazine rings is 1. The molecule has 0 saturated carbocycles. The van der Waals surface area contributed by atoms with E-state index in [0.29, 0.717) is 26.2 Å². The highest BCUT2D eigenvalue weighted by Gasteiger charge is 2.25. The van der Waals surface area contributed by atoms with E-state index in [0.717, 1.165) is 6.07 Å². The van der Waals surface area contributed by atoms with Gasteiger partial charge in [-0.25, -0.2) is 4.39 Å². The molecule has 8 heteroatoms. The number of carbonyl (C=O) groups is 1. The van der Waals surface area contributed by atoms with Gasteiger partial charge in [0, 0.05) is 32.2 Å². The van der Waals surface area contributed by atoms with Gasteiger partial charge < -0.3 is 14.9 Å². The highest BCUT2D eigenvalue weighted by molar-refractivity contribution is 5.96. The lowest BCUT2D eigenvalue weighted by atomic mass is 10.1. The quantitative estimate of drug-likeness (QED) is 0.682. The first kappa shape index (κ1) is 16.7. The summed E-state index contributed by atoms with van der Waals surface area (Å²) < 4.78 is 14.1. The van der Waals surface area contributed by atoms with Gasteiger partial charge in [0.2, 0.25) is 0 Å². The fraction of sp³-hybridized carbons (Fsp3) is 0.235. The van der Waals surface area contributed by atoms with E-state index in [1.807, 2.05) is 0 Å². The van der Waals surface area contributed by atoms with E-state index in [9.17, 15) is 24.4 Å². The van der Waals surface area contributed by atoms with Crippen LogP contribution in [0.15, 0.2) is 42.5 Å². The summed E-state index contributed by atoms with van der Waals surface area (Å²) in [6.07, 6.45) is 0. The number of hydrogen-bond donors (Lipinski definition) is 1. The molecule has 2 aromatic rings. The third kappa shape index (κ3) is 3.37. The van der Waals surface area contributed by atoms with Crippen molar-refractivity contribution in [2.45, 2.75) is 0 Å². The molecule has 0 bridgehead atoms. The predicted molar refractivity (Wildman–Crippen MR) is 89.3 cm³/mol. The van der Waals surface area contributed by atoms with Crippen molar-refractivity contribution >= 4 is 17.3 Å². The van der Waals surface area contributed by atoms with E-state index in [1.54, 1.807) is 28.0 Å². The minimum atomic E-state index is -0.658. The van der Waals surface area contributed by atoms with Crippen LogP contribution in [0.4, 0.5) is 15.8 Å². The summed E-state index contributed by atoms with van der Waals surface area (Å²) >= 11 is 0. The molecule has 0 aromatic heterocycles. The van der Waals surface area contributed by atoms with E-state index < -0.39 is 10.7 Å². The molecule has 1 fully saturated rings. The maximum Gasteiger partial charge on any atom is 0.272 e. The van der Waals surface area contributed by atoms with Crippen LogP contribution in [-0.4, -0.2) is 47.0 Å². The second-order valence-corrected chi connectivity index (χ2v) is 5.69. The van der Waals surface area contributed by atoms with Gasteiger partial charge in [0.25, 0.3) is 11.6 Å². The Labute approximate surface area is 143 Å². The van der Waals surface area contributed by atoms with Crippen molar-refractivity contribution in [1.82, 2.24) is 4.90 Å². The fourth-order valence-electron chi connectivity index (χ4n) is 2.84. The van der Waals surface area contributed by atoms with Crippen LogP contribution < -0.4 is 4.90 Å². The van der Waals surface area contributed by atoms with Gasteiger partial charge in [-0.1, -0.05) is 12.1 Å². The van der Waals surface area contributed by atoms with Crippen LogP contribution in [0.2, 0.25) is 0 Å². The van der Waals surface area contributed by atoms with E-state index in [4.69, 9.17) is 0 Å². The largest absolute Gasteiger partial charge is 0.507 e. The Balaban J connectivity index is 1.69. The lowest BCUT2D eigenvalue weighted by Crippen LogP contribution is -2.49. The molecule has 7 nitrogen and oxygen atoms in total. The monoisotopic (exact) mass is 345 g/mol. The molecule has 2 aromatic carbocycles. The van der Waals surface area contributed by atoms with E-state index in [2.05, 4.69) is 0 Å². The molecule has 1 heterocycles. The van der Waals surface area contributed by atoms with Crippen molar-refractivity contribution in [2.24, 2.45) is 0 Å². The first-order valence-electron chi connectivity index (χ1n) is 7.73. The number of rotatable bonds is 3. The zero-order chi connectivity index (χ0) is 18.0. The van der Waals surface area contributed by atoms with Gasteiger partial charge in [-0.05, 0) is 18.2 Å². The van der Waals surface area contributed by atoms with Crippen molar-refractivity contribution in [2.75, 3.05) is 31.1 Å². The van der Waals surface area contributed by atoms with Crippen LogP contribution in [0.3, 0.4) is 0 Å². The summed E-state index contributed by atoms with van der Waals surface area (Å²) in [4.78, 5) is 25.8. The van der Waals surface area contributed by atoms with Gasteiger partial charge in [0.05, 0.1) is 22.2 Å². The Hall–Kier alpha value is -3.16. The van der Waals surface area contributed by atoms with E-state index >= 15 is 0 Å². The molecule has 25 heavy (non-hydrogen) atoms. The number of phenolic OH excluding ortho intramolecular Hbond substituents is 1. The van der Waals surface area contributed by atoms with Gasteiger partial charge >= 0.3 is 0 Å². The zero-order valence-corrected chi connectivity index (χ0v) is 13.3. The van der Waals surface area contributed by atoms with E-state index in [1.165, 1.54) is 18.2 Å². The van der Waals surface area contributed by atoms with Crippen LogP contribution in [0.5, 0.6) is 5.75 Å². The van der Waals surface area contributed by atoms with Crippen LogP contribution in [0.25, 0.3) is 0 Å². The summed E-state index contributed by atoms with van der Waals surface area (Å²) in [7, 11) is 0. The van der Waals surface area contributed by atoms with Gasteiger partial charge in [-0.3, -0.25) is 14.9 Å². The third-order valence-electron chi connectivity index (χ3n) is 4.18. The lowest BCUT2D eigenvalue weighted by molar-refractivity contribution is -0.385. The van der Waals surface area contributed by atoms with E-state index in [-0.39, 0.29) is 28.6 Å². The molecule has 1 N–H and O–H groups in total. The molecule has 130 valence electrons. The summed E-state index contributed by atoms with van der Waals surface area (Å²) in [6.45, 7) is 1.52. The SMILES string of the molecule is O=C(c1ccccc1O)N1CCN(c2ccc([N+](=O)[O-])cc2F)CC1. The van der Waals surface area contributed by atoms with Crippen molar-refractivity contribution in [3.8, 4) is 5.75 Å². The smallest absolute Gasteiger partial charge is 0.272 e. The number of carbonyl (C=O) groups excluding carboxylic acids is 1. The molecule has 0 aliphatic carbocycles. The van der Waals surface area contributed by atoms with Crippen LogP contribution in [0, 0.1) is 15.9 Å². The van der Waals surface area contributed by atoms with Crippen molar-refractivity contribution in [3.63, 3.8) is 0 Å². The van der Waals surface area contributed by atoms with Crippen molar-refractivity contribution < 1.29 is 19.2 Å². The molecule has 0 spiro atoms. The maximum atomic E-state index is 14.1. The summed E-state index contributed by atoms with van der Waals surface area (Å²) in [5.74, 6) is -1.01. The summed E-state index contributed by atoms with van der Waals surface area (Å²) in [5, 5.41) is 20.5. The summed E-state index contributed by atoms with van der Waals surface area (Å²) in [6, 6.07) is 9.87. The standard InChI is InChI=1S/C17H16FN3O4/c18-14-11-12(21(24)25)5-6-15(14)19-7-9-20(10-8-19)17(23)13-3-1-2-4-16(13)22/h1-6,11,22H,7-10H2. The van der Waals surface area contributed by atoms with Crippen LogP contribution in [-0.2, 0) is 0 Å². The van der Waals surface area contributed by atoms with Gasteiger partial charge in [0.15, 0.2) is 5.82 Å². The molecule has 1 saturated heterocycles. The number of amides is 1. The molecule has 1 amide bonds. The summed E-state index contributed by atoms with van der Waals surface area (Å²) in [5.41, 5.74) is 0.215. The minimum Gasteiger partial charge on any atom is -0.507 e. The Morgan fingerprint density at radius 3 is 2.40 bits per heavy atom. The van der Waals surface area contributed by atoms with Gasteiger partial charge in [-0.2, -0.15) is 0 Å². The number of halogens is 1. The normalized spacial score (nSPS) is 14.4.